The third kappa shape index (κ3) is 2.53. The van der Waals surface area contributed by atoms with Gasteiger partial charge >= 0.3 is 0 Å². The monoisotopic (exact) mass is 244 g/mol. The average molecular weight is 244 g/mol. The van der Waals surface area contributed by atoms with Gasteiger partial charge in [0.15, 0.2) is 5.76 Å². The first-order valence-corrected chi connectivity index (χ1v) is 5.86. The van der Waals surface area contributed by atoms with Gasteiger partial charge in [0.2, 0.25) is 0 Å². The van der Waals surface area contributed by atoms with Gasteiger partial charge in [0, 0.05) is 17.8 Å². The topological polar surface area (TPSA) is 68.3 Å². The van der Waals surface area contributed by atoms with Crippen LogP contribution in [0.25, 0.3) is 0 Å². The second kappa shape index (κ2) is 4.96. The Kier molecular flexibility index (Phi) is 3.37. The van der Waals surface area contributed by atoms with Crippen LogP contribution in [-0.4, -0.2) is 5.91 Å². The number of carbonyl (C=O) groups excluding carboxylic acids is 1. The lowest BCUT2D eigenvalue weighted by molar-refractivity contribution is 0.0995. The Morgan fingerprint density at radius 1 is 1.33 bits per heavy atom. The number of hydrogen-bond acceptors (Lipinski definition) is 3. The summed E-state index contributed by atoms with van der Waals surface area (Å²) >= 11 is 0. The molecule has 2 rings (SSSR count). The van der Waals surface area contributed by atoms with Gasteiger partial charge in [-0.2, -0.15) is 0 Å². The number of nitrogen functional groups attached to an aromatic ring is 1. The molecule has 1 aromatic carbocycles. The van der Waals surface area contributed by atoms with Gasteiger partial charge in [-0.25, -0.2) is 0 Å². The van der Waals surface area contributed by atoms with Crippen LogP contribution in [0.2, 0.25) is 0 Å². The SMILES string of the molecule is CCc1ccc(C(=O)Nc2ccc(N)c(C)c2)o1. The van der Waals surface area contributed by atoms with Crippen molar-refractivity contribution in [1.82, 2.24) is 0 Å². The molecule has 1 aromatic heterocycles. The van der Waals surface area contributed by atoms with E-state index in [-0.39, 0.29) is 5.91 Å². The molecule has 4 heteroatoms. The van der Waals surface area contributed by atoms with Crippen LogP contribution in [0.15, 0.2) is 34.7 Å². The Hall–Kier alpha value is -2.23. The zero-order valence-corrected chi connectivity index (χ0v) is 10.5. The smallest absolute Gasteiger partial charge is 0.291 e. The summed E-state index contributed by atoms with van der Waals surface area (Å²) in [5.41, 5.74) is 8.07. The van der Waals surface area contributed by atoms with Crippen molar-refractivity contribution in [1.29, 1.82) is 0 Å². The first kappa shape index (κ1) is 12.2. The fourth-order valence-electron chi connectivity index (χ4n) is 1.64. The van der Waals surface area contributed by atoms with Gasteiger partial charge < -0.3 is 15.5 Å². The van der Waals surface area contributed by atoms with Gasteiger partial charge in [-0.1, -0.05) is 6.92 Å². The van der Waals surface area contributed by atoms with E-state index in [2.05, 4.69) is 5.32 Å². The molecule has 94 valence electrons. The third-order valence-corrected chi connectivity index (χ3v) is 2.76. The van der Waals surface area contributed by atoms with E-state index in [1.165, 1.54) is 0 Å². The van der Waals surface area contributed by atoms with Gasteiger partial charge in [0.05, 0.1) is 0 Å². The molecule has 0 atom stereocenters. The molecule has 0 bridgehead atoms. The fourth-order valence-corrected chi connectivity index (χ4v) is 1.64. The number of amides is 1. The molecular weight excluding hydrogens is 228 g/mol. The van der Waals surface area contributed by atoms with Crippen LogP contribution < -0.4 is 11.1 Å². The van der Waals surface area contributed by atoms with Crippen LogP contribution >= 0.6 is 0 Å². The molecule has 2 aromatic rings. The molecule has 0 saturated carbocycles. The highest BCUT2D eigenvalue weighted by Crippen LogP contribution is 2.18. The van der Waals surface area contributed by atoms with E-state index >= 15 is 0 Å². The van der Waals surface area contributed by atoms with E-state index in [1.54, 1.807) is 18.2 Å². The molecule has 1 amide bonds. The quantitative estimate of drug-likeness (QED) is 0.815. The minimum absolute atomic E-state index is 0.251. The zero-order valence-electron chi connectivity index (χ0n) is 10.5. The molecule has 4 nitrogen and oxygen atoms in total. The summed E-state index contributed by atoms with van der Waals surface area (Å²) in [4.78, 5) is 11.9. The lowest BCUT2D eigenvalue weighted by Gasteiger charge is -2.06. The summed E-state index contributed by atoms with van der Waals surface area (Å²) in [5, 5.41) is 2.78. The zero-order chi connectivity index (χ0) is 13.1. The Labute approximate surface area is 106 Å². The number of furan rings is 1. The van der Waals surface area contributed by atoms with E-state index < -0.39 is 0 Å². The predicted molar refractivity (Wildman–Crippen MR) is 71.6 cm³/mol. The number of nitrogens with one attached hydrogen (secondary N) is 1. The summed E-state index contributed by atoms with van der Waals surface area (Å²) < 4.78 is 5.38. The molecule has 0 aliphatic carbocycles. The second-order valence-electron chi connectivity index (χ2n) is 4.15. The molecule has 1 heterocycles. The van der Waals surface area contributed by atoms with Crippen molar-refractivity contribution in [2.24, 2.45) is 0 Å². The molecule has 0 aliphatic rings. The average Bonchev–Trinajstić information content (AvgIpc) is 2.82. The Morgan fingerprint density at radius 2 is 2.11 bits per heavy atom. The maximum absolute atomic E-state index is 11.9. The van der Waals surface area contributed by atoms with Crippen molar-refractivity contribution in [3.8, 4) is 0 Å². The number of hydrogen-bond donors (Lipinski definition) is 2. The molecule has 0 fully saturated rings. The number of aryl methyl sites for hydroxylation is 2. The molecule has 0 saturated heterocycles. The van der Waals surface area contributed by atoms with Gasteiger partial charge in [-0.05, 0) is 42.8 Å². The second-order valence-corrected chi connectivity index (χ2v) is 4.15. The van der Waals surface area contributed by atoms with E-state index in [4.69, 9.17) is 10.2 Å². The van der Waals surface area contributed by atoms with Crippen molar-refractivity contribution < 1.29 is 9.21 Å². The predicted octanol–water partition coefficient (Wildman–Crippen LogP) is 2.98. The van der Waals surface area contributed by atoms with Crippen molar-refractivity contribution >= 4 is 17.3 Å². The minimum atomic E-state index is -0.251. The van der Waals surface area contributed by atoms with E-state index in [9.17, 15) is 4.79 Å². The van der Waals surface area contributed by atoms with Gasteiger partial charge in [0.25, 0.3) is 5.91 Å². The molecule has 3 N–H and O–H groups in total. The Morgan fingerprint density at radius 3 is 2.72 bits per heavy atom. The maximum atomic E-state index is 11.9. The van der Waals surface area contributed by atoms with Crippen LogP contribution in [0.3, 0.4) is 0 Å². The van der Waals surface area contributed by atoms with Crippen LogP contribution in [0, 0.1) is 6.92 Å². The lowest BCUT2D eigenvalue weighted by atomic mass is 10.2. The largest absolute Gasteiger partial charge is 0.456 e. The van der Waals surface area contributed by atoms with Gasteiger partial charge in [0.1, 0.15) is 5.76 Å². The van der Waals surface area contributed by atoms with Crippen LogP contribution in [0.1, 0.15) is 28.8 Å². The van der Waals surface area contributed by atoms with Crippen molar-refractivity contribution in [3.05, 3.63) is 47.4 Å². The Bertz CT molecular complexity index is 573. The van der Waals surface area contributed by atoms with E-state index in [0.29, 0.717) is 17.1 Å². The van der Waals surface area contributed by atoms with Crippen LogP contribution in [-0.2, 0) is 6.42 Å². The van der Waals surface area contributed by atoms with Gasteiger partial charge in [-0.3, -0.25) is 4.79 Å². The summed E-state index contributed by atoms with van der Waals surface area (Å²) in [7, 11) is 0. The highest BCUT2D eigenvalue weighted by Gasteiger charge is 2.11. The van der Waals surface area contributed by atoms with E-state index in [1.807, 2.05) is 26.0 Å². The van der Waals surface area contributed by atoms with Crippen molar-refractivity contribution in [2.45, 2.75) is 20.3 Å². The highest BCUT2D eigenvalue weighted by molar-refractivity contribution is 6.02. The summed E-state index contributed by atoms with van der Waals surface area (Å²) in [6.45, 7) is 3.87. The summed E-state index contributed by atoms with van der Waals surface area (Å²) in [6.07, 6.45) is 0.772. The number of carbonyl (C=O) groups is 1. The van der Waals surface area contributed by atoms with Gasteiger partial charge in [-0.15, -0.1) is 0 Å². The first-order valence-electron chi connectivity index (χ1n) is 5.86. The fraction of sp³-hybridized carbons (Fsp3) is 0.214. The third-order valence-electron chi connectivity index (χ3n) is 2.76. The number of anilines is 2. The van der Waals surface area contributed by atoms with Crippen LogP contribution in [0.5, 0.6) is 0 Å². The molecule has 0 radical (unpaired) electrons. The first-order chi connectivity index (χ1) is 8.60. The molecule has 0 unspecified atom stereocenters. The number of benzene rings is 1. The minimum Gasteiger partial charge on any atom is -0.456 e. The highest BCUT2D eigenvalue weighted by atomic mass is 16.3. The lowest BCUT2D eigenvalue weighted by Crippen LogP contribution is -2.11. The van der Waals surface area contributed by atoms with Crippen molar-refractivity contribution in [3.63, 3.8) is 0 Å². The number of nitrogens with two attached hydrogens (primary N) is 1. The molecular formula is C14H16N2O2. The van der Waals surface area contributed by atoms with Crippen LogP contribution in [0.4, 0.5) is 11.4 Å². The summed E-state index contributed by atoms with van der Waals surface area (Å²) in [5.74, 6) is 0.869. The van der Waals surface area contributed by atoms with Crippen molar-refractivity contribution in [2.75, 3.05) is 11.1 Å². The summed E-state index contributed by atoms with van der Waals surface area (Å²) in [6, 6.07) is 8.85. The molecule has 0 spiro atoms. The van der Waals surface area contributed by atoms with E-state index in [0.717, 1.165) is 17.7 Å². The number of rotatable bonds is 3. The Balaban J connectivity index is 2.13. The standard InChI is InChI=1S/C14H16N2O2/c1-3-11-5-7-13(18-11)14(17)16-10-4-6-12(15)9(2)8-10/h4-8H,3,15H2,1-2H3,(H,16,17). The molecule has 18 heavy (non-hydrogen) atoms. The normalized spacial score (nSPS) is 10.3. The molecule has 0 aliphatic heterocycles. The maximum Gasteiger partial charge on any atom is 0.291 e.